The molecule has 2 heteroatoms. The second-order valence-electron chi connectivity index (χ2n) is 16.5. The summed E-state index contributed by atoms with van der Waals surface area (Å²) in [6.45, 7) is 9.42. The Labute approximate surface area is 328 Å². The van der Waals surface area contributed by atoms with Gasteiger partial charge in [-0.15, -0.1) is 0 Å². The fourth-order valence-electron chi connectivity index (χ4n) is 9.92. The number of anilines is 3. The number of benzene rings is 8. The van der Waals surface area contributed by atoms with Gasteiger partial charge < -0.3 is 9.32 Å². The summed E-state index contributed by atoms with van der Waals surface area (Å²) in [5.74, 6) is 0. The lowest BCUT2D eigenvalue weighted by Crippen LogP contribution is -2.16. The maximum atomic E-state index is 6.47. The van der Waals surface area contributed by atoms with Crippen LogP contribution in [0.4, 0.5) is 17.1 Å². The topological polar surface area (TPSA) is 16.4 Å². The second-order valence-corrected chi connectivity index (χ2v) is 16.5. The summed E-state index contributed by atoms with van der Waals surface area (Å²) in [4.78, 5) is 2.47. The lowest BCUT2D eigenvalue weighted by atomic mass is 9.82. The molecule has 0 atom stereocenters. The van der Waals surface area contributed by atoms with Gasteiger partial charge >= 0.3 is 0 Å². The zero-order valence-electron chi connectivity index (χ0n) is 32.1. The van der Waals surface area contributed by atoms with Crippen molar-refractivity contribution in [2.24, 2.45) is 0 Å². The lowest BCUT2D eigenvalue weighted by Gasteiger charge is -2.29. The van der Waals surface area contributed by atoms with Gasteiger partial charge in [-0.25, -0.2) is 0 Å². The van der Waals surface area contributed by atoms with Gasteiger partial charge in [0.2, 0.25) is 0 Å². The van der Waals surface area contributed by atoms with Crippen LogP contribution in [0.3, 0.4) is 0 Å². The summed E-state index contributed by atoms with van der Waals surface area (Å²) in [6, 6.07) is 64.5. The van der Waals surface area contributed by atoms with Gasteiger partial charge in [0.1, 0.15) is 11.2 Å². The van der Waals surface area contributed by atoms with E-state index in [1.807, 2.05) is 6.07 Å². The van der Waals surface area contributed by atoms with Gasteiger partial charge in [-0.2, -0.15) is 0 Å². The Kier molecular flexibility index (Phi) is 6.98. The van der Waals surface area contributed by atoms with Crippen molar-refractivity contribution in [3.63, 3.8) is 0 Å². The summed E-state index contributed by atoms with van der Waals surface area (Å²) in [5, 5.41) is 2.28. The average molecular weight is 720 g/mol. The molecule has 56 heavy (non-hydrogen) atoms. The van der Waals surface area contributed by atoms with E-state index in [1.165, 1.54) is 61.3 Å². The summed E-state index contributed by atoms with van der Waals surface area (Å²) in [5.41, 5.74) is 20.5. The van der Waals surface area contributed by atoms with E-state index in [2.05, 4.69) is 202 Å². The largest absolute Gasteiger partial charge is 0.455 e. The molecular weight excluding hydrogens is 679 g/mol. The summed E-state index contributed by atoms with van der Waals surface area (Å²) < 4.78 is 6.47. The Morgan fingerprint density at radius 1 is 0.393 bits per heavy atom. The molecule has 11 rings (SSSR count). The zero-order chi connectivity index (χ0) is 37.8. The third kappa shape index (κ3) is 4.62. The minimum Gasteiger partial charge on any atom is -0.455 e. The molecule has 8 aromatic carbocycles. The Hall–Kier alpha value is -6.64. The van der Waals surface area contributed by atoms with E-state index < -0.39 is 0 Å². The first-order valence-electron chi connectivity index (χ1n) is 19.7. The highest BCUT2D eigenvalue weighted by molar-refractivity contribution is 6.09. The molecule has 9 aromatic rings. The van der Waals surface area contributed by atoms with Gasteiger partial charge in [0.25, 0.3) is 0 Å². The summed E-state index contributed by atoms with van der Waals surface area (Å²) in [6.07, 6.45) is 0. The van der Waals surface area contributed by atoms with Crippen molar-refractivity contribution in [1.29, 1.82) is 0 Å². The van der Waals surface area contributed by atoms with Crippen LogP contribution < -0.4 is 4.90 Å². The molecule has 0 amide bonds. The number of rotatable bonds is 5. The van der Waals surface area contributed by atoms with Gasteiger partial charge in [0.15, 0.2) is 0 Å². The molecular formula is C54H41NO. The average Bonchev–Trinajstić information content (AvgIpc) is 3.82. The van der Waals surface area contributed by atoms with Crippen LogP contribution >= 0.6 is 0 Å². The van der Waals surface area contributed by atoms with E-state index in [9.17, 15) is 0 Å². The molecule has 2 aliphatic carbocycles. The van der Waals surface area contributed by atoms with Crippen molar-refractivity contribution >= 4 is 39.0 Å². The Balaban J connectivity index is 1.10. The van der Waals surface area contributed by atoms with Crippen molar-refractivity contribution in [3.8, 4) is 44.5 Å². The highest BCUT2D eigenvalue weighted by atomic mass is 16.3. The fraction of sp³-hybridized carbons (Fsp3) is 0.111. The molecule has 0 fully saturated rings. The molecule has 1 heterocycles. The van der Waals surface area contributed by atoms with Gasteiger partial charge in [0, 0.05) is 44.1 Å². The van der Waals surface area contributed by atoms with Crippen LogP contribution in [-0.2, 0) is 10.8 Å². The molecule has 0 spiro atoms. The molecule has 0 radical (unpaired) electrons. The maximum absolute atomic E-state index is 6.47. The molecule has 0 N–H and O–H groups in total. The standard InChI is InChI=1S/C54H41NO/c1-53(2)44-23-8-5-18-42(44)50-38(20-13-25-46(50)53)35-15-11-16-37(33-35)55(48-27-14-26-47-51(48)43-19-6-9-24-45(43)54(47,3)4)36-31-29-34(30-32-36)39-21-12-22-41-40-17-7-10-28-49(40)56-52(39)41/h5-33H,1-4H3. The van der Waals surface area contributed by atoms with Crippen LogP contribution in [0.5, 0.6) is 0 Å². The quantitative estimate of drug-likeness (QED) is 0.176. The Bertz CT molecular complexity index is 3030. The van der Waals surface area contributed by atoms with Crippen molar-refractivity contribution in [1.82, 2.24) is 0 Å². The van der Waals surface area contributed by atoms with Crippen LogP contribution in [0.2, 0.25) is 0 Å². The Morgan fingerprint density at radius 2 is 0.946 bits per heavy atom. The minimum absolute atomic E-state index is 0.0647. The Morgan fingerprint density at radius 3 is 1.71 bits per heavy atom. The highest BCUT2D eigenvalue weighted by Crippen LogP contribution is 2.55. The first-order valence-corrected chi connectivity index (χ1v) is 19.7. The van der Waals surface area contributed by atoms with Crippen molar-refractivity contribution in [2.45, 2.75) is 38.5 Å². The molecule has 0 unspecified atom stereocenters. The van der Waals surface area contributed by atoms with Gasteiger partial charge in [-0.3, -0.25) is 0 Å². The molecule has 0 aliphatic heterocycles. The van der Waals surface area contributed by atoms with Gasteiger partial charge in [-0.05, 0) is 92.0 Å². The van der Waals surface area contributed by atoms with Crippen LogP contribution in [0, 0.1) is 0 Å². The zero-order valence-corrected chi connectivity index (χ0v) is 32.1. The van der Waals surface area contributed by atoms with E-state index in [0.29, 0.717) is 0 Å². The van der Waals surface area contributed by atoms with E-state index in [1.54, 1.807) is 0 Å². The van der Waals surface area contributed by atoms with Crippen LogP contribution in [0.1, 0.15) is 49.9 Å². The monoisotopic (exact) mass is 719 g/mol. The van der Waals surface area contributed by atoms with Crippen LogP contribution in [-0.4, -0.2) is 0 Å². The number of hydrogen-bond donors (Lipinski definition) is 0. The molecule has 0 bridgehead atoms. The SMILES string of the molecule is CC1(C)c2ccccc2-c2c(-c3cccc(N(c4ccc(-c5cccc6c5oc5ccccc56)cc4)c4cccc5c4-c4ccccc4C5(C)C)c3)cccc21. The third-order valence-corrected chi connectivity index (χ3v) is 12.7. The normalized spacial score (nSPS) is 14.4. The molecule has 0 saturated carbocycles. The van der Waals surface area contributed by atoms with Crippen molar-refractivity contribution in [2.75, 3.05) is 4.90 Å². The van der Waals surface area contributed by atoms with Crippen LogP contribution in [0.25, 0.3) is 66.4 Å². The second kappa shape index (κ2) is 11.9. The first-order chi connectivity index (χ1) is 27.3. The number of fused-ring (bicyclic) bond motifs is 9. The number of furan rings is 1. The molecule has 2 nitrogen and oxygen atoms in total. The van der Waals surface area contributed by atoms with Crippen molar-refractivity contribution in [3.05, 3.63) is 198 Å². The predicted octanol–water partition coefficient (Wildman–Crippen LogP) is 15.0. The fourth-order valence-corrected chi connectivity index (χ4v) is 9.92. The summed E-state index contributed by atoms with van der Waals surface area (Å²) in [7, 11) is 0. The van der Waals surface area contributed by atoms with Gasteiger partial charge in [0.05, 0.1) is 5.69 Å². The number of nitrogens with zero attached hydrogens (tertiary/aromatic N) is 1. The van der Waals surface area contributed by atoms with Gasteiger partial charge in [-0.1, -0.05) is 167 Å². The van der Waals surface area contributed by atoms with E-state index in [4.69, 9.17) is 4.42 Å². The summed E-state index contributed by atoms with van der Waals surface area (Å²) >= 11 is 0. The number of para-hydroxylation sites is 2. The highest BCUT2D eigenvalue weighted by Gasteiger charge is 2.39. The van der Waals surface area contributed by atoms with Crippen molar-refractivity contribution < 1.29 is 4.42 Å². The number of hydrogen-bond acceptors (Lipinski definition) is 2. The van der Waals surface area contributed by atoms with E-state index in [0.717, 1.165) is 44.4 Å². The van der Waals surface area contributed by atoms with Crippen LogP contribution in [0.15, 0.2) is 180 Å². The molecule has 2 aliphatic rings. The van der Waals surface area contributed by atoms with E-state index in [-0.39, 0.29) is 10.8 Å². The molecule has 1 aromatic heterocycles. The third-order valence-electron chi connectivity index (χ3n) is 12.7. The minimum atomic E-state index is -0.116. The van der Waals surface area contributed by atoms with E-state index >= 15 is 0 Å². The lowest BCUT2D eigenvalue weighted by molar-refractivity contribution is 0.660. The predicted molar refractivity (Wildman–Crippen MR) is 234 cm³/mol. The first kappa shape index (κ1) is 32.8. The maximum Gasteiger partial charge on any atom is 0.143 e. The molecule has 268 valence electrons. The molecule has 0 saturated heterocycles. The smallest absolute Gasteiger partial charge is 0.143 e.